The summed E-state index contributed by atoms with van der Waals surface area (Å²) in [6.45, 7) is 4.64. The molecule has 2 heteroatoms. The molecule has 2 nitrogen and oxygen atoms in total. The van der Waals surface area contributed by atoms with Gasteiger partial charge in [0, 0.05) is 0 Å². The second kappa shape index (κ2) is 5.92. The first-order chi connectivity index (χ1) is 3.41. The highest BCUT2D eigenvalue weighted by Crippen LogP contribution is 1.80. The van der Waals surface area contributed by atoms with Gasteiger partial charge in [-0.2, -0.15) is 0 Å². The summed E-state index contributed by atoms with van der Waals surface area (Å²) in [4.78, 5) is 0. The molecule has 1 radical (unpaired) electrons. The minimum atomic E-state index is 1.01. The number of hydrogen-bond acceptors (Lipinski definition) is 2. The smallest absolute Gasteiger partial charge is 0.0838 e. The van der Waals surface area contributed by atoms with E-state index in [0.717, 1.165) is 6.54 Å². The molecule has 0 amide bonds. The van der Waals surface area contributed by atoms with Crippen LogP contribution < -0.4 is 11.1 Å². The summed E-state index contributed by atoms with van der Waals surface area (Å²) in [7, 11) is 0. The van der Waals surface area contributed by atoms with E-state index in [1.54, 1.807) is 0 Å². The van der Waals surface area contributed by atoms with E-state index in [1.165, 1.54) is 19.5 Å². The fourth-order valence-corrected chi connectivity index (χ4v) is 0.362. The number of nitrogens with two attached hydrogens (primary N) is 1. The predicted octanol–water partition coefficient (Wildman–Crippen LogP) is 0.454. The Morgan fingerprint density at radius 3 is 2.86 bits per heavy atom. The minimum Gasteiger partial charge on any atom is -0.313 e. The van der Waals surface area contributed by atoms with E-state index in [4.69, 9.17) is 5.73 Å². The Balaban J connectivity index is 2.45. The molecular weight excluding hydrogens is 88.1 g/mol. The molecule has 0 saturated carbocycles. The van der Waals surface area contributed by atoms with Crippen molar-refractivity contribution in [3.8, 4) is 0 Å². The molecule has 0 aliphatic carbocycles. The molecule has 0 aromatic heterocycles. The Bertz CT molecular complexity index is 25.3. The second-order valence-electron chi connectivity index (χ2n) is 1.47. The van der Waals surface area contributed by atoms with E-state index in [0.29, 0.717) is 0 Å². The largest absolute Gasteiger partial charge is 0.313 e. The van der Waals surface area contributed by atoms with Crippen LogP contribution in [0.4, 0.5) is 0 Å². The first-order valence-corrected chi connectivity index (χ1v) is 2.68. The highest BCUT2D eigenvalue weighted by Gasteiger charge is 1.77. The van der Waals surface area contributed by atoms with E-state index in [-0.39, 0.29) is 0 Å². The maximum absolute atomic E-state index is 5.03. The summed E-state index contributed by atoms with van der Waals surface area (Å²) in [5.74, 6) is 0. The Labute approximate surface area is 45.1 Å². The van der Waals surface area contributed by atoms with Crippen LogP contribution in [0.25, 0.3) is 0 Å². The molecule has 0 saturated heterocycles. The number of hydrogen-bond donors (Lipinski definition) is 2. The van der Waals surface area contributed by atoms with E-state index in [1.807, 2.05) is 0 Å². The van der Waals surface area contributed by atoms with Gasteiger partial charge in [-0.3, -0.25) is 5.32 Å². The van der Waals surface area contributed by atoms with E-state index >= 15 is 0 Å². The highest BCUT2D eigenvalue weighted by atomic mass is 14.9. The lowest BCUT2D eigenvalue weighted by atomic mass is 10.3. The zero-order valence-corrected chi connectivity index (χ0v) is 4.78. The predicted molar refractivity (Wildman–Crippen MR) is 31.4 cm³/mol. The average molecular weight is 101 g/mol. The van der Waals surface area contributed by atoms with Crippen LogP contribution >= 0.6 is 0 Å². The summed E-state index contributed by atoms with van der Waals surface area (Å²) >= 11 is 0. The van der Waals surface area contributed by atoms with Crippen LogP contribution in [0, 0.1) is 6.67 Å². The summed E-state index contributed by atoms with van der Waals surface area (Å²) in [6.07, 6.45) is 2.43. The Morgan fingerprint density at radius 1 is 1.71 bits per heavy atom. The van der Waals surface area contributed by atoms with Gasteiger partial charge >= 0.3 is 0 Å². The van der Waals surface area contributed by atoms with Crippen molar-refractivity contribution >= 4 is 0 Å². The average Bonchev–Trinajstić information content (AvgIpc) is 1.69. The number of nitrogens with one attached hydrogen (secondary N) is 1. The molecule has 0 aromatic rings. The summed E-state index contributed by atoms with van der Waals surface area (Å²) in [5, 5.41) is 2.90. The summed E-state index contributed by atoms with van der Waals surface area (Å²) < 4.78 is 0. The molecule has 0 atom stereocenters. The third-order valence-electron chi connectivity index (χ3n) is 0.793. The van der Waals surface area contributed by atoms with Gasteiger partial charge in [-0.15, -0.1) is 0 Å². The third kappa shape index (κ3) is 5.92. The molecular formula is C5H13N2. The molecule has 0 aliphatic heterocycles. The topological polar surface area (TPSA) is 38.0 Å². The van der Waals surface area contributed by atoms with E-state index in [9.17, 15) is 0 Å². The lowest BCUT2D eigenvalue weighted by Gasteiger charge is -1.94. The maximum atomic E-state index is 5.03. The first-order valence-electron chi connectivity index (χ1n) is 2.68. The van der Waals surface area contributed by atoms with Gasteiger partial charge in [-0.05, 0) is 13.0 Å². The summed E-state index contributed by atoms with van der Waals surface area (Å²) in [6, 6.07) is 0. The molecule has 43 valence electrons. The minimum absolute atomic E-state index is 1.01. The van der Waals surface area contributed by atoms with Gasteiger partial charge in [0.05, 0.1) is 6.67 Å². The van der Waals surface area contributed by atoms with Gasteiger partial charge in [0.1, 0.15) is 0 Å². The van der Waals surface area contributed by atoms with Crippen LogP contribution in [0.1, 0.15) is 19.8 Å². The van der Waals surface area contributed by atoms with Crippen molar-refractivity contribution in [2.45, 2.75) is 19.8 Å². The van der Waals surface area contributed by atoms with Gasteiger partial charge in [0.25, 0.3) is 0 Å². The molecule has 0 spiro atoms. The molecule has 7 heavy (non-hydrogen) atoms. The standard InChI is InChI=1S/C5H13N2/c1-2-3-4-7-5-6/h5,7H,2-4,6H2,1H3. The van der Waals surface area contributed by atoms with Crippen molar-refractivity contribution in [2.24, 2.45) is 5.73 Å². The molecule has 0 aliphatic rings. The quantitative estimate of drug-likeness (QED) is 0.505. The molecule has 0 fully saturated rings. The van der Waals surface area contributed by atoms with Crippen LogP contribution in [0.3, 0.4) is 0 Å². The van der Waals surface area contributed by atoms with Crippen molar-refractivity contribution in [1.29, 1.82) is 0 Å². The lowest BCUT2D eigenvalue weighted by Crippen LogP contribution is -2.16. The van der Waals surface area contributed by atoms with Crippen molar-refractivity contribution in [3.63, 3.8) is 0 Å². The second-order valence-corrected chi connectivity index (χ2v) is 1.47. The normalized spacial score (nSPS) is 9.43. The molecule has 0 bridgehead atoms. The van der Waals surface area contributed by atoms with Crippen molar-refractivity contribution in [2.75, 3.05) is 6.54 Å². The number of unbranched alkanes of at least 4 members (excludes halogenated alkanes) is 1. The van der Waals surface area contributed by atoms with Crippen LogP contribution in [0.2, 0.25) is 0 Å². The SMILES string of the molecule is CCCCN[CH]N. The van der Waals surface area contributed by atoms with Crippen molar-refractivity contribution in [1.82, 2.24) is 5.32 Å². The zero-order chi connectivity index (χ0) is 5.54. The van der Waals surface area contributed by atoms with Gasteiger partial charge in [0.2, 0.25) is 0 Å². The van der Waals surface area contributed by atoms with E-state index < -0.39 is 0 Å². The Kier molecular flexibility index (Phi) is 5.85. The Hall–Kier alpha value is -0.0800. The highest BCUT2D eigenvalue weighted by molar-refractivity contribution is 4.49. The zero-order valence-electron chi connectivity index (χ0n) is 4.78. The fraction of sp³-hybridized carbons (Fsp3) is 0.800. The van der Waals surface area contributed by atoms with Crippen LogP contribution in [-0.2, 0) is 0 Å². The van der Waals surface area contributed by atoms with Crippen LogP contribution in [0.15, 0.2) is 0 Å². The van der Waals surface area contributed by atoms with Gasteiger partial charge in [-0.1, -0.05) is 13.3 Å². The van der Waals surface area contributed by atoms with Crippen molar-refractivity contribution < 1.29 is 0 Å². The van der Waals surface area contributed by atoms with Gasteiger partial charge in [0.15, 0.2) is 0 Å². The molecule has 3 N–H and O–H groups in total. The maximum Gasteiger partial charge on any atom is 0.0838 e. The molecule has 0 heterocycles. The summed E-state index contributed by atoms with van der Waals surface area (Å²) in [5.41, 5.74) is 5.03. The third-order valence-corrected chi connectivity index (χ3v) is 0.793. The van der Waals surface area contributed by atoms with Gasteiger partial charge < -0.3 is 5.73 Å². The Morgan fingerprint density at radius 2 is 2.43 bits per heavy atom. The lowest BCUT2D eigenvalue weighted by molar-refractivity contribution is 0.701. The first kappa shape index (κ1) is 6.92. The molecule has 0 rings (SSSR count). The number of rotatable bonds is 4. The molecule has 0 unspecified atom stereocenters. The van der Waals surface area contributed by atoms with Crippen molar-refractivity contribution in [3.05, 3.63) is 6.67 Å². The van der Waals surface area contributed by atoms with Crippen LogP contribution in [0.5, 0.6) is 0 Å². The fourth-order valence-electron chi connectivity index (χ4n) is 0.362. The van der Waals surface area contributed by atoms with Gasteiger partial charge in [-0.25, -0.2) is 0 Å². The molecule has 0 aromatic carbocycles. The van der Waals surface area contributed by atoms with Crippen LogP contribution in [-0.4, -0.2) is 6.54 Å². The monoisotopic (exact) mass is 101 g/mol. The van der Waals surface area contributed by atoms with E-state index in [2.05, 4.69) is 12.2 Å².